The second-order valence-corrected chi connectivity index (χ2v) is 4.47. The molecule has 0 aromatic heterocycles. The van der Waals surface area contributed by atoms with E-state index in [1.807, 2.05) is 7.05 Å². The minimum Gasteiger partial charge on any atom is -0.491 e. The minimum atomic E-state index is 0.244. The fraction of sp³-hybridized carbons (Fsp3) is 0.571. The lowest BCUT2D eigenvalue weighted by atomic mass is 10.1. The molecular formula is C14H23NO. The summed E-state index contributed by atoms with van der Waals surface area (Å²) in [7, 11) is 1.99. The zero-order valence-corrected chi connectivity index (χ0v) is 10.8. The van der Waals surface area contributed by atoms with Gasteiger partial charge in [0.1, 0.15) is 5.75 Å². The summed E-state index contributed by atoms with van der Waals surface area (Å²) in [6.45, 7) is 7.29. The Labute approximate surface area is 99.0 Å². The summed E-state index contributed by atoms with van der Waals surface area (Å²) < 4.78 is 5.71. The number of benzene rings is 1. The lowest BCUT2D eigenvalue weighted by molar-refractivity contribution is 0.240. The molecule has 16 heavy (non-hydrogen) atoms. The number of hydrogen-bond donors (Lipinski definition) is 1. The maximum absolute atomic E-state index is 5.71. The lowest BCUT2D eigenvalue weighted by Gasteiger charge is -2.13. The Morgan fingerprint density at radius 2 is 2.06 bits per heavy atom. The molecule has 1 aromatic carbocycles. The molecule has 2 nitrogen and oxygen atoms in total. The summed E-state index contributed by atoms with van der Waals surface area (Å²) >= 11 is 0. The monoisotopic (exact) mass is 221 g/mol. The predicted octanol–water partition coefficient (Wildman–Crippen LogP) is 2.93. The first-order valence-electron chi connectivity index (χ1n) is 6.04. The quantitative estimate of drug-likeness (QED) is 0.746. The summed E-state index contributed by atoms with van der Waals surface area (Å²) in [4.78, 5) is 0. The Hall–Kier alpha value is -1.02. The second-order valence-electron chi connectivity index (χ2n) is 4.47. The highest BCUT2D eigenvalue weighted by Gasteiger charge is 2.03. The van der Waals surface area contributed by atoms with E-state index < -0.39 is 0 Å². The highest BCUT2D eigenvalue weighted by molar-refractivity contribution is 5.36. The van der Waals surface area contributed by atoms with Crippen molar-refractivity contribution in [2.45, 2.75) is 39.7 Å². The van der Waals surface area contributed by atoms with Crippen LogP contribution >= 0.6 is 0 Å². The normalized spacial score (nSPS) is 10.8. The van der Waals surface area contributed by atoms with Crippen LogP contribution in [0.25, 0.3) is 0 Å². The molecule has 2 heteroatoms. The third kappa shape index (κ3) is 4.23. The van der Waals surface area contributed by atoms with E-state index in [1.54, 1.807) is 0 Å². The Morgan fingerprint density at radius 1 is 1.31 bits per heavy atom. The topological polar surface area (TPSA) is 21.3 Å². The van der Waals surface area contributed by atoms with Crippen molar-refractivity contribution in [1.82, 2.24) is 5.32 Å². The number of ether oxygens (including phenoxy) is 1. The first-order chi connectivity index (χ1) is 7.63. The van der Waals surface area contributed by atoms with Gasteiger partial charge in [0.25, 0.3) is 0 Å². The van der Waals surface area contributed by atoms with Gasteiger partial charge in [-0.2, -0.15) is 0 Å². The highest BCUT2D eigenvalue weighted by atomic mass is 16.5. The highest BCUT2D eigenvalue weighted by Crippen LogP contribution is 2.20. The second kappa shape index (κ2) is 6.54. The fourth-order valence-corrected chi connectivity index (χ4v) is 1.72. The summed E-state index contributed by atoms with van der Waals surface area (Å²) in [5, 5.41) is 3.17. The molecule has 0 unspecified atom stereocenters. The van der Waals surface area contributed by atoms with E-state index in [2.05, 4.69) is 44.3 Å². The minimum absolute atomic E-state index is 0.244. The summed E-state index contributed by atoms with van der Waals surface area (Å²) in [6.07, 6.45) is 2.55. The van der Waals surface area contributed by atoms with Gasteiger partial charge in [0.15, 0.2) is 0 Å². The van der Waals surface area contributed by atoms with Crippen LogP contribution in [0.1, 0.15) is 31.4 Å². The van der Waals surface area contributed by atoms with Gasteiger partial charge in [-0.3, -0.25) is 0 Å². The van der Waals surface area contributed by atoms with Gasteiger partial charge in [-0.25, -0.2) is 0 Å². The van der Waals surface area contributed by atoms with Crippen LogP contribution in [0.2, 0.25) is 0 Å². The molecule has 0 aliphatic heterocycles. The van der Waals surface area contributed by atoms with Gasteiger partial charge >= 0.3 is 0 Å². The molecule has 1 N–H and O–H groups in total. The van der Waals surface area contributed by atoms with Gasteiger partial charge in [0.05, 0.1) is 6.10 Å². The molecule has 0 saturated carbocycles. The maximum atomic E-state index is 5.71. The third-order valence-electron chi connectivity index (χ3n) is 2.49. The summed E-state index contributed by atoms with van der Waals surface area (Å²) in [6, 6.07) is 6.48. The molecule has 0 fully saturated rings. The van der Waals surface area contributed by atoms with Crippen molar-refractivity contribution in [1.29, 1.82) is 0 Å². The van der Waals surface area contributed by atoms with E-state index >= 15 is 0 Å². The number of rotatable bonds is 6. The van der Waals surface area contributed by atoms with E-state index in [0.29, 0.717) is 0 Å². The van der Waals surface area contributed by atoms with Crippen LogP contribution in [0, 0.1) is 6.92 Å². The third-order valence-corrected chi connectivity index (χ3v) is 2.49. The smallest absolute Gasteiger partial charge is 0.122 e. The van der Waals surface area contributed by atoms with Crippen molar-refractivity contribution in [2.75, 3.05) is 13.6 Å². The summed E-state index contributed by atoms with van der Waals surface area (Å²) in [5.74, 6) is 1.01. The van der Waals surface area contributed by atoms with Crippen LogP contribution in [-0.2, 0) is 6.42 Å². The van der Waals surface area contributed by atoms with E-state index in [-0.39, 0.29) is 6.10 Å². The molecular weight excluding hydrogens is 198 g/mol. The van der Waals surface area contributed by atoms with E-state index in [4.69, 9.17) is 4.74 Å². The molecule has 1 rings (SSSR count). The molecule has 0 amide bonds. The molecule has 0 saturated heterocycles. The van der Waals surface area contributed by atoms with Crippen molar-refractivity contribution in [3.05, 3.63) is 29.3 Å². The predicted molar refractivity (Wildman–Crippen MR) is 69.2 cm³/mol. The number of nitrogens with one attached hydrogen (secondary N) is 1. The Morgan fingerprint density at radius 3 is 2.62 bits per heavy atom. The standard InChI is InChI=1S/C14H23NO/c1-11(2)16-14-8-7-13(10-12(14)3)6-5-9-15-4/h7-8,10-11,15H,5-6,9H2,1-4H3. The molecule has 1 aromatic rings. The van der Waals surface area contributed by atoms with Crippen LogP contribution in [0.15, 0.2) is 18.2 Å². The molecule has 0 atom stereocenters. The average Bonchev–Trinajstić information content (AvgIpc) is 2.22. The van der Waals surface area contributed by atoms with Gasteiger partial charge in [0.2, 0.25) is 0 Å². The van der Waals surface area contributed by atoms with Crippen molar-refractivity contribution in [3.63, 3.8) is 0 Å². The van der Waals surface area contributed by atoms with Crippen LogP contribution in [0.4, 0.5) is 0 Å². The first kappa shape index (κ1) is 13.0. The Balaban J connectivity index is 2.60. The Bertz CT molecular complexity index is 321. The SMILES string of the molecule is CNCCCc1ccc(OC(C)C)c(C)c1. The largest absolute Gasteiger partial charge is 0.491 e. The zero-order chi connectivity index (χ0) is 12.0. The van der Waals surface area contributed by atoms with Gasteiger partial charge in [-0.1, -0.05) is 12.1 Å². The lowest BCUT2D eigenvalue weighted by Crippen LogP contribution is -2.09. The van der Waals surface area contributed by atoms with Gasteiger partial charge < -0.3 is 10.1 Å². The summed E-state index contributed by atoms with van der Waals surface area (Å²) in [5.41, 5.74) is 2.62. The molecule has 0 spiro atoms. The van der Waals surface area contributed by atoms with Gasteiger partial charge in [-0.05, 0) is 64.4 Å². The number of hydrogen-bond acceptors (Lipinski definition) is 2. The van der Waals surface area contributed by atoms with Gasteiger partial charge in [0, 0.05) is 0 Å². The molecule has 90 valence electrons. The van der Waals surface area contributed by atoms with Crippen LogP contribution < -0.4 is 10.1 Å². The van der Waals surface area contributed by atoms with Crippen molar-refractivity contribution in [2.24, 2.45) is 0 Å². The van der Waals surface area contributed by atoms with Crippen LogP contribution in [-0.4, -0.2) is 19.7 Å². The molecule has 0 bridgehead atoms. The molecule has 0 heterocycles. The van der Waals surface area contributed by atoms with Crippen molar-refractivity contribution < 1.29 is 4.74 Å². The fourth-order valence-electron chi connectivity index (χ4n) is 1.72. The zero-order valence-electron chi connectivity index (χ0n) is 10.8. The van der Waals surface area contributed by atoms with E-state index in [1.165, 1.54) is 17.5 Å². The average molecular weight is 221 g/mol. The molecule has 0 aliphatic rings. The first-order valence-corrected chi connectivity index (χ1v) is 6.04. The van der Waals surface area contributed by atoms with Crippen LogP contribution in [0.5, 0.6) is 5.75 Å². The van der Waals surface area contributed by atoms with E-state index in [9.17, 15) is 0 Å². The van der Waals surface area contributed by atoms with Crippen LogP contribution in [0.3, 0.4) is 0 Å². The molecule has 0 radical (unpaired) electrons. The maximum Gasteiger partial charge on any atom is 0.122 e. The van der Waals surface area contributed by atoms with E-state index in [0.717, 1.165) is 18.7 Å². The van der Waals surface area contributed by atoms with Gasteiger partial charge in [-0.15, -0.1) is 0 Å². The molecule has 0 aliphatic carbocycles. The van der Waals surface area contributed by atoms with Crippen molar-refractivity contribution >= 4 is 0 Å². The number of aryl methyl sites for hydroxylation is 2. The Kier molecular flexibility index (Phi) is 5.33. The van der Waals surface area contributed by atoms with Crippen molar-refractivity contribution in [3.8, 4) is 5.75 Å².